The van der Waals surface area contributed by atoms with Crippen molar-refractivity contribution in [3.63, 3.8) is 0 Å². The van der Waals surface area contributed by atoms with Crippen LogP contribution >= 0.6 is 11.3 Å². The normalized spacial score (nSPS) is 11.6. The molecule has 3 heteroatoms. The predicted molar refractivity (Wildman–Crippen MR) is 262 cm³/mol. The first-order valence-electron chi connectivity index (χ1n) is 20.8. The van der Waals surface area contributed by atoms with Crippen molar-refractivity contribution in [3.05, 3.63) is 231 Å². The molecule has 0 atom stereocenters. The number of hydrogen-bond acceptors (Lipinski definition) is 2. The van der Waals surface area contributed by atoms with Crippen molar-refractivity contribution in [3.8, 4) is 39.1 Å². The summed E-state index contributed by atoms with van der Waals surface area (Å²) >= 11 is 1.90. The molecular formula is C58H38N2S. The van der Waals surface area contributed by atoms with E-state index in [2.05, 4.69) is 240 Å². The van der Waals surface area contributed by atoms with E-state index in [-0.39, 0.29) is 0 Å². The summed E-state index contributed by atoms with van der Waals surface area (Å²) in [4.78, 5) is 2.32. The lowest BCUT2D eigenvalue weighted by molar-refractivity contribution is 1.18. The van der Waals surface area contributed by atoms with Gasteiger partial charge in [-0.15, -0.1) is 11.3 Å². The summed E-state index contributed by atoms with van der Waals surface area (Å²) in [5.74, 6) is 0. The summed E-state index contributed by atoms with van der Waals surface area (Å²) in [5, 5.41) is 7.77. The van der Waals surface area contributed by atoms with Crippen LogP contribution in [0.5, 0.6) is 0 Å². The Hall–Kier alpha value is -7.72. The van der Waals surface area contributed by atoms with Gasteiger partial charge in [-0.1, -0.05) is 152 Å². The Kier molecular flexibility index (Phi) is 8.39. The number of benzene rings is 10. The smallest absolute Gasteiger partial charge is 0.0547 e. The standard InChI is InChI=1S/C58H38N2S/c1-4-12-39(13-5-1)41-24-30-48(31-25-41)59(46-14-6-2-7-15-46)49-32-26-42(27-33-49)40-20-22-43(23-21-40)44-29-35-55-53(36-44)54-38-52-45(37-56(54)60(55)47-16-8-3-9-17-47)28-34-51-50-18-10-11-19-57(50)61-58(51)52/h1-38H. The van der Waals surface area contributed by atoms with E-state index in [1.54, 1.807) is 0 Å². The fourth-order valence-electron chi connectivity index (χ4n) is 9.17. The highest BCUT2D eigenvalue weighted by atomic mass is 32.1. The molecule has 61 heavy (non-hydrogen) atoms. The minimum atomic E-state index is 1.11. The Bertz CT molecular complexity index is 3530. The molecule has 0 aliphatic rings. The van der Waals surface area contributed by atoms with Crippen molar-refractivity contribution < 1.29 is 0 Å². The zero-order valence-electron chi connectivity index (χ0n) is 33.2. The second-order valence-electron chi connectivity index (χ2n) is 15.7. The second-order valence-corrected chi connectivity index (χ2v) is 16.8. The largest absolute Gasteiger partial charge is 0.311 e. The van der Waals surface area contributed by atoms with E-state index in [4.69, 9.17) is 0 Å². The van der Waals surface area contributed by atoms with E-state index in [9.17, 15) is 0 Å². The molecule has 0 radical (unpaired) electrons. The average molecular weight is 795 g/mol. The number of fused-ring (bicyclic) bond motifs is 8. The molecule has 0 aliphatic carbocycles. The molecule has 12 rings (SSSR count). The van der Waals surface area contributed by atoms with Crippen LogP contribution in [-0.2, 0) is 0 Å². The van der Waals surface area contributed by atoms with Crippen LogP contribution in [0.1, 0.15) is 0 Å². The van der Waals surface area contributed by atoms with Crippen LogP contribution in [0.2, 0.25) is 0 Å². The highest BCUT2D eigenvalue weighted by molar-refractivity contribution is 7.26. The van der Waals surface area contributed by atoms with Gasteiger partial charge in [0.25, 0.3) is 0 Å². The van der Waals surface area contributed by atoms with E-state index in [1.807, 2.05) is 11.3 Å². The van der Waals surface area contributed by atoms with Gasteiger partial charge in [-0.2, -0.15) is 0 Å². The molecule has 0 amide bonds. The summed E-state index contributed by atoms with van der Waals surface area (Å²) in [5.41, 5.74) is 14.2. The molecular weight excluding hydrogens is 757 g/mol. The summed E-state index contributed by atoms with van der Waals surface area (Å²) in [6.45, 7) is 0. The van der Waals surface area contributed by atoms with Gasteiger partial charge in [0.1, 0.15) is 0 Å². The lowest BCUT2D eigenvalue weighted by atomic mass is 9.98. The van der Waals surface area contributed by atoms with Crippen molar-refractivity contribution in [2.24, 2.45) is 0 Å². The van der Waals surface area contributed by atoms with Gasteiger partial charge in [-0.05, 0) is 118 Å². The van der Waals surface area contributed by atoms with Crippen LogP contribution in [0.15, 0.2) is 231 Å². The van der Waals surface area contributed by atoms with E-state index in [0.717, 1.165) is 17.1 Å². The molecule has 0 aliphatic heterocycles. The van der Waals surface area contributed by atoms with Gasteiger partial charge in [0.2, 0.25) is 0 Å². The van der Waals surface area contributed by atoms with Crippen LogP contribution in [0, 0.1) is 0 Å². The number of para-hydroxylation sites is 2. The monoisotopic (exact) mass is 794 g/mol. The zero-order chi connectivity index (χ0) is 40.3. The molecule has 0 saturated carbocycles. The van der Waals surface area contributed by atoms with E-state index in [0.29, 0.717) is 0 Å². The molecule has 12 aromatic rings. The third-order valence-electron chi connectivity index (χ3n) is 12.2. The Morgan fingerprint density at radius 2 is 0.820 bits per heavy atom. The first kappa shape index (κ1) is 35.2. The molecule has 0 saturated heterocycles. The Labute approximate surface area is 358 Å². The van der Waals surface area contributed by atoms with Crippen LogP contribution in [0.4, 0.5) is 17.1 Å². The molecule has 2 nitrogen and oxygen atoms in total. The fourth-order valence-corrected chi connectivity index (χ4v) is 10.4. The Morgan fingerprint density at radius 3 is 1.49 bits per heavy atom. The van der Waals surface area contributed by atoms with Gasteiger partial charge in [0, 0.05) is 59.1 Å². The number of aromatic nitrogens is 1. The minimum absolute atomic E-state index is 1.11. The van der Waals surface area contributed by atoms with Gasteiger partial charge in [0.05, 0.1) is 11.0 Å². The third-order valence-corrected chi connectivity index (χ3v) is 13.4. The van der Waals surface area contributed by atoms with Gasteiger partial charge < -0.3 is 9.47 Å². The van der Waals surface area contributed by atoms with Crippen LogP contribution in [0.3, 0.4) is 0 Å². The highest BCUT2D eigenvalue weighted by Crippen LogP contribution is 2.43. The number of rotatable bonds is 7. The van der Waals surface area contributed by atoms with Gasteiger partial charge in [0.15, 0.2) is 0 Å². The van der Waals surface area contributed by atoms with Gasteiger partial charge in [-0.25, -0.2) is 0 Å². The summed E-state index contributed by atoms with van der Waals surface area (Å²) in [6.07, 6.45) is 0. The van der Waals surface area contributed by atoms with Gasteiger partial charge >= 0.3 is 0 Å². The molecule has 2 heterocycles. The average Bonchev–Trinajstić information content (AvgIpc) is 3.88. The molecule has 286 valence electrons. The van der Waals surface area contributed by atoms with Crippen molar-refractivity contribution in [1.29, 1.82) is 0 Å². The summed E-state index contributed by atoms with van der Waals surface area (Å²) < 4.78 is 5.11. The summed E-state index contributed by atoms with van der Waals surface area (Å²) in [7, 11) is 0. The molecule has 0 spiro atoms. The fraction of sp³-hybridized carbons (Fsp3) is 0. The Morgan fingerprint density at radius 1 is 0.311 bits per heavy atom. The lowest BCUT2D eigenvalue weighted by Gasteiger charge is -2.26. The van der Waals surface area contributed by atoms with Crippen LogP contribution in [0.25, 0.3) is 91.8 Å². The topological polar surface area (TPSA) is 8.17 Å². The highest BCUT2D eigenvalue weighted by Gasteiger charge is 2.18. The quantitative estimate of drug-likeness (QED) is 0.156. The van der Waals surface area contributed by atoms with Crippen molar-refractivity contribution in [2.45, 2.75) is 0 Å². The zero-order valence-corrected chi connectivity index (χ0v) is 34.1. The Balaban J connectivity index is 0.904. The van der Waals surface area contributed by atoms with E-state index < -0.39 is 0 Å². The van der Waals surface area contributed by atoms with Crippen molar-refractivity contribution >= 4 is 81.1 Å². The first-order chi connectivity index (χ1) is 30.2. The van der Waals surface area contributed by atoms with E-state index in [1.165, 1.54) is 91.8 Å². The summed E-state index contributed by atoms with van der Waals surface area (Å²) in [6, 6.07) is 83.9. The minimum Gasteiger partial charge on any atom is -0.311 e. The third kappa shape index (κ3) is 6.09. The van der Waals surface area contributed by atoms with Crippen molar-refractivity contribution in [2.75, 3.05) is 4.90 Å². The van der Waals surface area contributed by atoms with E-state index >= 15 is 0 Å². The van der Waals surface area contributed by atoms with Crippen LogP contribution < -0.4 is 4.90 Å². The molecule has 0 fully saturated rings. The first-order valence-corrected chi connectivity index (χ1v) is 21.6. The molecule has 0 bridgehead atoms. The molecule has 0 N–H and O–H groups in total. The lowest BCUT2D eigenvalue weighted by Crippen LogP contribution is -2.09. The molecule has 0 unspecified atom stereocenters. The van der Waals surface area contributed by atoms with Crippen molar-refractivity contribution in [1.82, 2.24) is 4.57 Å². The maximum absolute atomic E-state index is 2.44. The van der Waals surface area contributed by atoms with Gasteiger partial charge in [-0.3, -0.25) is 0 Å². The number of thiophene rings is 1. The van der Waals surface area contributed by atoms with Crippen LogP contribution in [-0.4, -0.2) is 4.57 Å². The predicted octanol–water partition coefficient (Wildman–Crippen LogP) is 16.8. The number of nitrogens with zero attached hydrogens (tertiary/aromatic N) is 2. The second kappa shape index (κ2) is 14.5. The number of hydrogen-bond donors (Lipinski definition) is 0. The maximum Gasteiger partial charge on any atom is 0.0547 e. The molecule has 10 aromatic carbocycles. The SMILES string of the molecule is c1ccc(-c2ccc(N(c3ccccc3)c3ccc(-c4ccc(-c5ccc6c(c5)c5cc7c(ccc8c9ccccc9sc78)cc5n6-c5ccccc5)cc4)cc3)cc2)cc1. The maximum atomic E-state index is 2.44. The number of anilines is 3. The molecule has 2 aromatic heterocycles.